The highest BCUT2D eigenvalue weighted by Gasteiger charge is 2.34. The molecule has 0 saturated carbocycles. The average molecular weight is 376 g/mol. The number of nitrogens with one attached hydrogen (secondary N) is 3. The summed E-state index contributed by atoms with van der Waals surface area (Å²) in [5, 5.41) is 3.62. The first kappa shape index (κ1) is 18.5. The summed E-state index contributed by atoms with van der Waals surface area (Å²) in [7, 11) is 3.19. The van der Waals surface area contributed by atoms with Crippen molar-refractivity contribution in [1.82, 2.24) is 16.2 Å². The lowest BCUT2D eigenvalue weighted by molar-refractivity contribution is -0.125. The van der Waals surface area contributed by atoms with Gasteiger partial charge in [0, 0.05) is 18.1 Å². The van der Waals surface area contributed by atoms with Crippen LogP contribution in [0.1, 0.15) is 17.2 Å². The smallest absolute Gasteiger partial charge is 0.226 e. The molecule has 0 bridgehead atoms. The lowest BCUT2D eigenvalue weighted by Gasteiger charge is -2.20. The number of ether oxygens (including phenoxy) is 2. The summed E-state index contributed by atoms with van der Waals surface area (Å²) in [6.45, 7) is 0.932. The molecule has 1 saturated heterocycles. The van der Waals surface area contributed by atoms with Gasteiger partial charge in [0.2, 0.25) is 5.91 Å². The van der Waals surface area contributed by atoms with E-state index in [-0.39, 0.29) is 17.9 Å². The molecule has 2 unspecified atom stereocenters. The van der Waals surface area contributed by atoms with Gasteiger partial charge in [-0.25, -0.2) is 5.43 Å². The Kier molecular flexibility index (Phi) is 5.98. The van der Waals surface area contributed by atoms with Crippen LogP contribution in [0.15, 0.2) is 42.5 Å². The molecule has 6 nitrogen and oxygen atoms in total. The fourth-order valence-electron chi connectivity index (χ4n) is 3.06. The van der Waals surface area contributed by atoms with E-state index in [9.17, 15) is 4.79 Å². The molecule has 0 aliphatic carbocycles. The minimum atomic E-state index is -0.254. The van der Waals surface area contributed by atoms with Crippen molar-refractivity contribution in [2.45, 2.75) is 12.6 Å². The molecule has 7 heteroatoms. The van der Waals surface area contributed by atoms with Gasteiger partial charge < -0.3 is 14.8 Å². The Morgan fingerprint density at radius 1 is 1.19 bits per heavy atom. The zero-order chi connectivity index (χ0) is 18.5. The molecule has 1 aliphatic heterocycles. The third-order valence-electron chi connectivity index (χ3n) is 4.50. The molecule has 0 aromatic heterocycles. The second kappa shape index (κ2) is 8.40. The summed E-state index contributed by atoms with van der Waals surface area (Å²) in [6, 6.07) is 13.0. The summed E-state index contributed by atoms with van der Waals surface area (Å²) in [6.07, 6.45) is 0. The first-order valence-electron chi connectivity index (χ1n) is 8.35. The summed E-state index contributed by atoms with van der Waals surface area (Å²) in [5.41, 5.74) is 8.08. The predicted molar refractivity (Wildman–Crippen MR) is 100 cm³/mol. The number of benzene rings is 2. The maximum Gasteiger partial charge on any atom is 0.226 e. The van der Waals surface area contributed by atoms with E-state index < -0.39 is 0 Å². The third kappa shape index (κ3) is 3.93. The van der Waals surface area contributed by atoms with Gasteiger partial charge in [-0.05, 0) is 29.3 Å². The highest BCUT2D eigenvalue weighted by molar-refractivity contribution is 6.31. The normalized spacial score (nSPS) is 19.2. The van der Waals surface area contributed by atoms with Crippen LogP contribution < -0.4 is 25.6 Å². The molecule has 2 aromatic carbocycles. The van der Waals surface area contributed by atoms with Crippen LogP contribution in [0.25, 0.3) is 0 Å². The molecule has 0 spiro atoms. The van der Waals surface area contributed by atoms with Crippen molar-refractivity contribution >= 4 is 17.5 Å². The summed E-state index contributed by atoms with van der Waals surface area (Å²) in [4.78, 5) is 12.7. The van der Waals surface area contributed by atoms with Crippen LogP contribution in [0.3, 0.4) is 0 Å². The van der Waals surface area contributed by atoms with Gasteiger partial charge in [-0.3, -0.25) is 10.2 Å². The van der Waals surface area contributed by atoms with Gasteiger partial charge >= 0.3 is 0 Å². The monoisotopic (exact) mass is 375 g/mol. The second-order valence-corrected chi connectivity index (χ2v) is 6.44. The third-order valence-corrected chi connectivity index (χ3v) is 4.87. The number of halogens is 1. The fourth-order valence-corrected chi connectivity index (χ4v) is 3.26. The first-order chi connectivity index (χ1) is 12.6. The minimum absolute atomic E-state index is 0.0396. The molecule has 1 aliphatic rings. The highest BCUT2D eigenvalue weighted by Crippen LogP contribution is 2.33. The van der Waals surface area contributed by atoms with Gasteiger partial charge in [0.1, 0.15) is 0 Å². The second-order valence-electron chi connectivity index (χ2n) is 6.03. The summed E-state index contributed by atoms with van der Waals surface area (Å²) in [5.74, 6) is 0.994. The largest absolute Gasteiger partial charge is 0.493 e. The van der Waals surface area contributed by atoms with Crippen molar-refractivity contribution in [3.05, 3.63) is 58.6 Å². The van der Waals surface area contributed by atoms with E-state index in [4.69, 9.17) is 21.1 Å². The lowest BCUT2D eigenvalue weighted by Crippen LogP contribution is -2.34. The van der Waals surface area contributed by atoms with Crippen molar-refractivity contribution < 1.29 is 14.3 Å². The van der Waals surface area contributed by atoms with Crippen molar-refractivity contribution in [3.63, 3.8) is 0 Å². The van der Waals surface area contributed by atoms with E-state index in [0.717, 1.165) is 11.1 Å². The van der Waals surface area contributed by atoms with E-state index in [0.29, 0.717) is 29.6 Å². The van der Waals surface area contributed by atoms with Crippen LogP contribution in [-0.4, -0.2) is 26.7 Å². The first-order valence-corrected chi connectivity index (χ1v) is 8.73. The predicted octanol–water partition coefficient (Wildman–Crippen LogP) is 2.44. The van der Waals surface area contributed by atoms with Gasteiger partial charge in [-0.15, -0.1) is 0 Å². The number of hydrazine groups is 1. The van der Waals surface area contributed by atoms with Gasteiger partial charge in [-0.1, -0.05) is 35.9 Å². The minimum Gasteiger partial charge on any atom is -0.493 e. The molecule has 1 fully saturated rings. The fraction of sp³-hybridized carbons (Fsp3) is 0.316. The van der Waals surface area contributed by atoms with Crippen LogP contribution in [0.4, 0.5) is 0 Å². The highest BCUT2D eigenvalue weighted by atomic mass is 35.5. The van der Waals surface area contributed by atoms with Gasteiger partial charge in [0.15, 0.2) is 11.5 Å². The number of carbonyl (C=O) groups is 1. The van der Waals surface area contributed by atoms with Crippen LogP contribution in [0.5, 0.6) is 11.5 Å². The van der Waals surface area contributed by atoms with Crippen LogP contribution in [0, 0.1) is 5.92 Å². The van der Waals surface area contributed by atoms with Crippen molar-refractivity contribution in [3.8, 4) is 11.5 Å². The molecule has 2 atom stereocenters. The average Bonchev–Trinajstić information content (AvgIpc) is 3.16. The van der Waals surface area contributed by atoms with Gasteiger partial charge in [0.05, 0.1) is 26.2 Å². The maximum atomic E-state index is 12.7. The zero-order valence-corrected chi connectivity index (χ0v) is 15.5. The Labute approximate surface area is 157 Å². The molecular formula is C19H22ClN3O3. The zero-order valence-electron chi connectivity index (χ0n) is 14.7. The lowest BCUT2D eigenvalue weighted by atomic mass is 9.93. The molecule has 0 radical (unpaired) electrons. The van der Waals surface area contributed by atoms with E-state index in [1.807, 2.05) is 42.5 Å². The topological polar surface area (TPSA) is 71.6 Å². The number of amides is 1. The van der Waals surface area contributed by atoms with E-state index in [2.05, 4.69) is 16.2 Å². The molecule has 26 heavy (non-hydrogen) atoms. The van der Waals surface area contributed by atoms with Gasteiger partial charge in [0.25, 0.3) is 0 Å². The van der Waals surface area contributed by atoms with Crippen LogP contribution in [0.2, 0.25) is 5.02 Å². The number of methoxy groups -OCH3 is 2. The Morgan fingerprint density at radius 2 is 1.96 bits per heavy atom. The van der Waals surface area contributed by atoms with E-state index in [1.165, 1.54) is 0 Å². The number of rotatable bonds is 6. The summed E-state index contributed by atoms with van der Waals surface area (Å²) < 4.78 is 10.6. The summed E-state index contributed by atoms with van der Waals surface area (Å²) >= 11 is 6.15. The molecule has 3 N–H and O–H groups in total. The molecule has 1 heterocycles. The SMILES string of the molecule is COc1ccc(C2NNCC2C(=O)NCc2ccccc2Cl)cc1OC. The molecule has 138 valence electrons. The molecular weight excluding hydrogens is 354 g/mol. The van der Waals surface area contributed by atoms with Crippen LogP contribution >= 0.6 is 11.6 Å². The van der Waals surface area contributed by atoms with E-state index in [1.54, 1.807) is 14.2 Å². The Bertz CT molecular complexity index is 784. The number of hydrogen-bond donors (Lipinski definition) is 3. The molecule has 3 rings (SSSR count). The van der Waals surface area contributed by atoms with Crippen molar-refractivity contribution in [1.29, 1.82) is 0 Å². The molecule has 1 amide bonds. The van der Waals surface area contributed by atoms with Gasteiger partial charge in [-0.2, -0.15) is 0 Å². The van der Waals surface area contributed by atoms with E-state index >= 15 is 0 Å². The van der Waals surface area contributed by atoms with Crippen molar-refractivity contribution in [2.75, 3.05) is 20.8 Å². The molecule has 2 aromatic rings. The number of hydrogen-bond acceptors (Lipinski definition) is 5. The Morgan fingerprint density at radius 3 is 2.69 bits per heavy atom. The quantitative estimate of drug-likeness (QED) is 0.723. The van der Waals surface area contributed by atoms with Crippen LogP contribution in [-0.2, 0) is 11.3 Å². The number of carbonyl (C=O) groups excluding carboxylic acids is 1. The standard InChI is InChI=1S/C19H22ClN3O3/c1-25-16-8-7-12(9-17(16)26-2)18-14(11-22-23-18)19(24)21-10-13-5-3-4-6-15(13)20/h3-9,14,18,22-23H,10-11H2,1-2H3,(H,21,24). The Hall–Kier alpha value is -2.28. The Balaban J connectivity index is 1.71. The maximum absolute atomic E-state index is 12.7. The van der Waals surface area contributed by atoms with Crippen molar-refractivity contribution in [2.24, 2.45) is 5.92 Å².